The molecule has 2 heterocycles. The van der Waals surface area contributed by atoms with Gasteiger partial charge in [0.2, 0.25) is 0 Å². The van der Waals surface area contributed by atoms with E-state index in [1.54, 1.807) is 11.3 Å². The average molecular weight is 247 g/mol. The second-order valence-electron chi connectivity index (χ2n) is 4.08. The van der Waals surface area contributed by atoms with Crippen molar-refractivity contribution in [1.82, 2.24) is 15.3 Å². The minimum Gasteiger partial charge on any atom is -0.305 e. The maximum absolute atomic E-state index is 4.56. The molecular weight excluding hydrogens is 230 g/mol. The summed E-state index contributed by atoms with van der Waals surface area (Å²) in [6, 6.07) is 2.31. The average Bonchev–Trinajstić information content (AvgIpc) is 2.72. The third-order valence-electron chi connectivity index (χ3n) is 2.57. The monoisotopic (exact) mass is 247 g/mol. The summed E-state index contributed by atoms with van der Waals surface area (Å²) in [5.74, 6) is 0. The van der Waals surface area contributed by atoms with E-state index in [0.29, 0.717) is 0 Å². The quantitative estimate of drug-likeness (QED) is 0.902. The SMILES string of the molecule is CCNC(c1cncc(C)c1)c1csc(C)n1. The van der Waals surface area contributed by atoms with Crippen molar-refractivity contribution in [2.24, 2.45) is 0 Å². The summed E-state index contributed by atoms with van der Waals surface area (Å²) in [6.07, 6.45) is 3.79. The lowest BCUT2D eigenvalue weighted by Crippen LogP contribution is -2.22. The van der Waals surface area contributed by atoms with Gasteiger partial charge in [0.1, 0.15) is 0 Å². The van der Waals surface area contributed by atoms with Gasteiger partial charge in [0.25, 0.3) is 0 Å². The molecule has 0 aliphatic rings. The number of rotatable bonds is 4. The van der Waals surface area contributed by atoms with Crippen LogP contribution in [0.5, 0.6) is 0 Å². The van der Waals surface area contributed by atoms with Crippen LogP contribution in [0.1, 0.15) is 34.8 Å². The first-order valence-electron chi connectivity index (χ1n) is 5.77. The third-order valence-corrected chi connectivity index (χ3v) is 3.36. The lowest BCUT2D eigenvalue weighted by atomic mass is 10.1. The molecule has 3 nitrogen and oxygen atoms in total. The maximum Gasteiger partial charge on any atom is 0.0898 e. The van der Waals surface area contributed by atoms with Crippen LogP contribution in [-0.2, 0) is 0 Å². The zero-order chi connectivity index (χ0) is 12.3. The van der Waals surface area contributed by atoms with E-state index in [1.165, 1.54) is 11.1 Å². The van der Waals surface area contributed by atoms with Gasteiger partial charge in [-0.1, -0.05) is 13.0 Å². The van der Waals surface area contributed by atoms with E-state index in [0.717, 1.165) is 17.2 Å². The highest BCUT2D eigenvalue weighted by Gasteiger charge is 2.16. The largest absolute Gasteiger partial charge is 0.305 e. The molecule has 0 amide bonds. The number of hydrogen-bond donors (Lipinski definition) is 1. The van der Waals surface area contributed by atoms with Crippen molar-refractivity contribution in [2.45, 2.75) is 26.8 Å². The highest BCUT2D eigenvalue weighted by atomic mass is 32.1. The lowest BCUT2D eigenvalue weighted by molar-refractivity contribution is 0.615. The van der Waals surface area contributed by atoms with Gasteiger partial charge in [0.05, 0.1) is 16.7 Å². The second-order valence-corrected chi connectivity index (χ2v) is 5.14. The molecule has 1 unspecified atom stereocenters. The molecule has 0 saturated heterocycles. The van der Waals surface area contributed by atoms with E-state index >= 15 is 0 Å². The van der Waals surface area contributed by atoms with Gasteiger partial charge in [-0.05, 0) is 31.5 Å². The molecule has 0 saturated carbocycles. The topological polar surface area (TPSA) is 37.8 Å². The first-order chi connectivity index (χ1) is 8.20. The van der Waals surface area contributed by atoms with Gasteiger partial charge < -0.3 is 5.32 Å². The molecular formula is C13H17N3S. The number of aromatic nitrogens is 2. The summed E-state index contributed by atoms with van der Waals surface area (Å²) in [7, 11) is 0. The molecule has 2 aromatic heterocycles. The van der Waals surface area contributed by atoms with Crippen LogP contribution >= 0.6 is 11.3 Å². The molecule has 0 aliphatic carbocycles. The van der Waals surface area contributed by atoms with Crippen LogP contribution in [0, 0.1) is 13.8 Å². The fourth-order valence-electron chi connectivity index (χ4n) is 1.85. The van der Waals surface area contributed by atoms with Gasteiger partial charge in [-0.15, -0.1) is 11.3 Å². The van der Waals surface area contributed by atoms with Crippen molar-refractivity contribution >= 4 is 11.3 Å². The molecule has 90 valence electrons. The molecule has 2 rings (SSSR count). The van der Waals surface area contributed by atoms with Crippen molar-refractivity contribution in [3.8, 4) is 0 Å². The zero-order valence-corrected chi connectivity index (χ0v) is 11.2. The maximum atomic E-state index is 4.56. The summed E-state index contributed by atoms with van der Waals surface area (Å²) in [5, 5.41) is 6.68. The Hall–Kier alpha value is -1.26. The fourth-order valence-corrected chi connectivity index (χ4v) is 2.48. The van der Waals surface area contributed by atoms with Crippen LogP contribution < -0.4 is 5.32 Å². The van der Waals surface area contributed by atoms with Crippen molar-refractivity contribution in [3.63, 3.8) is 0 Å². The molecule has 1 N–H and O–H groups in total. The Balaban J connectivity index is 2.35. The Kier molecular flexibility index (Phi) is 3.86. The minimum atomic E-state index is 0.150. The Morgan fingerprint density at radius 3 is 2.76 bits per heavy atom. The predicted octanol–water partition coefficient (Wildman–Crippen LogP) is 2.85. The molecule has 0 aromatic carbocycles. The first-order valence-corrected chi connectivity index (χ1v) is 6.65. The van der Waals surface area contributed by atoms with Gasteiger partial charge in [-0.3, -0.25) is 4.98 Å². The number of nitrogens with zero attached hydrogens (tertiary/aromatic N) is 2. The van der Waals surface area contributed by atoms with E-state index < -0.39 is 0 Å². The lowest BCUT2D eigenvalue weighted by Gasteiger charge is -2.16. The van der Waals surface area contributed by atoms with Crippen molar-refractivity contribution in [1.29, 1.82) is 0 Å². The van der Waals surface area contributed by atoms with E-state index in [4.69, 9.17) is 0 Å². The standard InChI is InChI=1S/C13H17N3S/c1-4-15-13(12-8-17-10(3)16-12)11-5-9(2)6-14-7-11/h5-8,13,15H,4H2,1-3H3. The van der Waals surface area contributed by atoms with E-state index in [2.05, 4.69) is 40.6 Å². The third kappa shape index (κ3) is 2.90. The highest BCUT2D eigenvalue weighted by Crippen LogP contribution is 2.23. The number of hydrogen-bond acceptors (Lipinski definition) is 4. The molecule has 0 fully saturated rings. The molecule has 1 atom stereocenters. The summed E-state index contributed by atoms with van der Waals surface area (Å²) < 4.78 is 0. The molecule has 17 heavy (non-hydrogen) atoms. The van der Waals surface area contributed by atoms with Crippen LogP contribution in [-0.4, -0.2) is 16.5 Å². The van der Waals surface area contributed by atoms with Crippen LogP contribution in [0.15, 0.2) is 23.8 Å². The molecule has 0 aliphatic heterocycles. The smallest absolute Gasteiger partial charge is 0.0898 e. The summed E-state index contributed by atoms with van der Waals surface area (Å²) in [6.45, 7) is 7.11. The summed E-state index contributed by atoms with van der Waals surface area (Å²) in [5.41, 5.74) is 3.44. The Morgan fingerprint density at radius 2 is 2.18 bits per heavy atom. The Bertz CT molecular complexity index is 493. The van der Waals surface area contributed by atoms with Gasteiger partial charge >= 0.3 is 0 Å². The first kappa shape index (κ1) is 12.2. The fraction of sp³-hybridized carbons (Fsp3) is 0.385. The second kappa shape index (κ2) is 5.38. The van der Waals surface area contributed by atoms with Crippen LogP contribution in [0.4, 0.5) is 0 Å². The number of pyridine rings is 1. The number of aryl methyl sites for hydroxylation is 2. The summed E-state index contributed by atoms with van der Waals surface area (Å²) >= 11 is 1.69. The van der Waals surface area contributed by atoms with Crippen molar-refractivity contribution in [2.75, 3.05) is 6.54 Å². The molecule has 0 spiro atoms. The summed E-state index contributed by atoms with van der Waals surface area (Å²) in [4.78, 5) is 8.82. The van der Waals surface area contributed by atoms with Gasteiger partial charge in [-0.2, -0.15) is 0 Å². The van der Waals surface area contributed by atoms with Crippen molar-refractivity contribution < 1.29 is 0 Å². The number of thiazole rings is 1. The molecule has 4 heteroatoms. The van der Waals surface area contributed by atoms with Gasteiger partial charge in [0.15, 0.2) is 0 Å². The highest BCUT2D eigenvalue weighted by molar-refractivity contribution is 7.09. The molecule has 0 radical (unpaired) electrons. The van der Waals surface area contributed by atoms with Crippen LogP contribution in [0.25, 0.3) is 0 Å². The zero-order valence-electron chi connectivity index (χ0n) is 10.4. The minimum absolute atomic E-state index is 0.150. The van der Waals surface area contributed by atoms with Crippen molar-refractivity contribution in [3.05, 3.63) is 45.7 Å². The number of nitrogens with one attached hydrogen (secondary N) is 1. The van der Waals surface area contributed by atoms with E-state index in [9.17, 15) is 0 Å². The Morgan fingerprint density at radius 1 is 1.35 bits per heavy atom. The van der Waals surface area contributed by atoms with Gasteiger partial charge in [-0.25, -0.2) is 4.98 Å². The van der Waals surface area contributed by atoms with E-state index in [-0.39, 0.29) is 6.04 Å². The van der Waals surface area contributed by atoms with Crippen LogP contribution in [0.3, 0.4) is 0 Å². The van der Waals surface area contributed by atoms with Gasteiger partial charge in [0, 0.05) is 17.8 Å². The molecule has 0 bridgehead atoms. The Labute approximate surface area is 106 Å². The normalized spacial score (nSPS) is 12.6. The van der Waals surface area contributed by atoms with E-state index in [1.807, 2.05) is 19.3 Å². The van der Waals surface area contributed by atoms with Crippen LogP contribution in [0.2, 0.25) is 0 Å². The predicted molar refractivity (Wildman–Crippen MR) is 71.3 cm³/mol. The molecule has 2 aromatic rings.